The molecule has 3 N–H and O–H groups in total. The van der Waals surface area contributed by atoms with Crippen LogP contribution in [0.15, 0.2) is 16.6 Å². The van der Waals surface area contributed by atoms with Gasteiger partial charge in [-0.3, -0.25) is 9.69 Å². The number of rotatable bonds is 6. The summed E-state index contributed by atoms with van der Waals surface area (Å²) in [5.41, 5.74) is 5.64. The summed E-state index contributed by atoms with van der Waals surface area (Å²) in [4.78, 5) is 16.3. The topological polar surface area (TPSA) is 61.6 Å². The molecular formula is C16H24BrFN4O. The molecule has 1 heterocycles. The van der Waals surface area contributed by atoms with Gasteiger partial charge < -0.3 is 16.0 Å². The molecule has 1 saturated heterocycles. The Bertz CT molecular complexity index is 561. The number of hydrogen-bond donors (Lipinski definition) is 2. The maximum Gasteiger partial charge on any atom is 0.253 e. The van der Waals surface area contributed by atoms with Gasteiger partial charge in [-0.1, -0.05) is 22.9 Å². The van der Waals surface area contributed by atoms with Gasteiger partial charge in [-0.2, -0.15) is 0 Å². The van der Waals surface area contributed by atoms with E-state index in [1.807, 2.05) is 0 Å². The van der Waals surface area contributed by atoms with Crippen molar-refractivity contribution in [3.63, 3.8) is 0 Å². The third kappa shape index (κ3) is 4.65. The third-order valence-corrected chi connectivity index (χ3v) is 4.82. The number of nitrogens with zero attached hydrogens (tertiary/aromatic N) is 2. The number of likely N-dealkylation sites (N-methyl/N-ethyl adjacent to an activating group) is 1. The second kappa shape index (κ2) is 8.08. The minimum atomic E-state index is -0.762. The number of hydrogen-bond acceptors (Lipinski definition) is 4. The van der Waals surface area contributed by atoms with Gasteiger partial charge in [0, 0.05) is 43.2 Å². The van der Waals surface area contributed by atoms with E-state index in [1.54, 1.807) is 6.07 Å². The SMILES string of the molecule is CCN1CCN(C(C)CNc2cc(Br)cc(F)c2C(N)=O)CC1. The molecule has 1 fully saturated rings. The molecule has 128 valence electrons. The normalized spacial score (nSPS) is 17.9. The van der Waals surface area contributed by atoms with Crippen LogP contribution in [0.4, 0.5) is 10.1 Å². The lowest BCUT2D eigenvalue weighted by molar-refractivity contribution is 0.0997. The van der Waals surface area contributed by atoms with E-state index in [0.29, 0.717) is 16.7 Å². The van der Waals surface area contributed by atoms with Gasteiger partial charge >= 0.3 is 0 Å². The first-order chi connectivity index (χ1) is 10.9. The van der Waals surface area contributed by atoms with Crippen LogP contribution in [0.1, 0.15) is 24.2 Å². The van der Waals surface area contributed by atoms with Crippen LogP contribution in [-0.2, 0) is 0 Å². The molecule has 0 aliphatic carbocycles. The monoisotopic (exact) mass is 386 g/mol. The molecule has 7 heteroatoms. The summed E-state index contributed by atoms with van der Waals surface area (Å²) in [5, 5.41) is 3.17. The summed E-state index contributed by atoms with van der Waals surface area (Å²) < 4.78 is 14.5. The van der Waals surface area contributed by atoms with Crippen molar-refractivity contribution < 1.29 is 9.18 Å². The zero-order chi connectivity index (χ0) is 17.0. The molecule has 0 spiro atoms. The van der Waals surface area contributed by atoms with E-state index in [1.165, 1.54) is 6.07 Å². The molecule has 5 nitrogen and oxygen atoms in total. The van der Waals surface area contributed by atoms with E-state index in [0.717, 1.165) is 32.7 Å². The lowest BCUT2D eigenvalue weighted by atomic mass is 10.1. The Morgan fingerprint density at radius 1 is 1.39 bits per heavy atom. The minimum absolute atomic E-state index is 0.0868. The Morgan fingerprint density at radius 2 is 2.04 bits per heavy atom. The number of halogens is 2. The largest absolute Gasteiger partial charge is 0.383 e. The zero-order valence-corrected chi connectivity index (χ0v) is 15.2. The summed E-state index contributed by atoms with van der Waals surface area (Å²) in [6, 6.07) is 3.22. The van der Waals surface area contributed by atoms with Gasteiger partial charge in [-0.25, -0.2) is 4.39 Å². The number of piperazine rings is 1. The highest BCUT2D eigenvalue weighted by molar-refractivity contribution is 9.10. The summed E-state index contributed by atoms with van der Waals surface area (Å²) >= 11 is 3.25. The number of nitrogens with two attached hydrogens (primary N) is 1. The maximum absolute atomic E-state index is 13.9. The van der Waals surface area contributed by atoms with Crippen molar-refractivity contribution >= 4 is 27.5 Å². The quantitative estimate of drug-likeness (QED) is 0.785. The summed E-state index contributed by atoms with van der Waals surface area (Å²) in [6.07, 6.45) is 0. The Kier molecular flexibility index (Phi) is 6.38. The van der Waals surface area contributed by atoms with Crippen molar-refractivity contribution in [2.45, 2.75) is 19.9 Å². The number of primary amides is 1. The van der Waals surface area contributed by atoms with Gasteiger partial charge in [0.25, 0.3) is 5.91 Å². The van der Waals surface area contributed by atoms with Crippen LogP contribution in [-0.4, -0.2) is 61.0 Å². The van der Waals surface area contributed by atoms with Crippen LogP contribution >= 0.6 is 15.9 Å². The van der Waals surface area contributed by atoms with Gasteiger partial charge in [0.15, 0.2) is 0 Å². The van der Waals surface area contributed by atoms with Crippen LogP contribution in [0.2, 0.25) is 0 Å². The number of carbonyl (C=O) groups excluding carboxylic acids is 1. The van der Waals surface area contributed by atoms with Gasteiger partial charge in [0.2, 0.25) is 0 Å². The van der Waals surface area contributed by atoms with E-state index in [4.69, 9.17) is 5.73 Å². The summed E-state index contributed by atoms with van der Waals surface area (Å²) in [6.45, 7) is 10.2. The molecule has 0 bridgehead atoms. The van der Waals surface area contributed by atoms with Crippen molar-refractivity contribution in [3.05, 3.63) is 28.0 Å². The van der Waals surface area contributed by atoms with E-state index in [-0.39, 0.29) is 11.6 Å². The first-order valence-corrected chi connectivity index (χ1v) is 8.70. The van der Waals surface area contributed by atoms with E-state index >= 15 is 0 Å². The number of benzene rings is 1. The fourth-order valence-electron chi connectivity index (χ4n) is 2.87. The van der Waals surface area contributed by atoms with Crippen LogP contribution < -0.4 is 11.1 Å². The Balaban J connectivity index is 1.99. The van der Waals surface area contributed by atoms with Crippen LogP contribution in [0.25, 0.3) is 0 Å². The van der Waals surface area contributed by atoms with Gasteiger partial charge in [-0.15, -0.1) is 0 Å². The van der Waals surface area contributed by atoms with E-state index in [2.05, 4.69) is 44.9 Å². The van der Waals surface area contributed by atoms with E-state index in [9.17, 15) is 9.18 Å². The minimum Gasteiger partial charge on any atom is -0.383 e. The fourth-order valence-corrected chi connectivity index (χ4v) is 3.30. The molecule has 1 aromatic rings. The standard InChI is InChI=1S/C16H24BrFN4O/c1-3-21-4-6-22(7-5-21)11(2)10-20-14-9-12(17)8-13(18)15(14)16(19)23/h8-9,11,20H,3-7,10H2,1-2H3,(H2,19,23). The third-order valence-electron chi connectivity index (χ3n) is 4.37. The van der Waals surface area contributed by atoms with Gasteiger partial charge in [0.1, 0.15) is 5.82 Å². The predicted octanol–water partition coefficient (Wildman–Crippen LogP) is 2.12. The van der Waals surface area contributed by atoms with Crippen molar-refractivity contribution in [1.82, 2.24) is 9.80 Å². The average molecular weight is 387 g/mol. The molecule has 0 aromatic heterocycles. The van der Waals surface area contributed by atoms with Crippen molar-refractivity contribution in [3.8, 4) is 0 Å². The van der Waals surface area contributed by atoms with Crippen LogP contribution in [0.3, 0.4) is 0 Å². The number of nitrogens with one attached hydrogen (secondary N) is 1. The molecule has 1 aliphatic rings. The maximum atomic E-state index is 13.9. The average Bonchev–Trinajstić information content (AvgIpc) is 2.51. The highest BCUT2D eigenvalue weighted by atomic mass is 79.9. The Labute approximate surface area is 145 Å². The Morgan fingerprint density at radius 3 is 2.61 bits per heavy atom. The summed E-state index contributed by atoms with van der Waals surface area (Å²) in [5.74, 6) is -1.37. The highest BCUT2D eigenvalue weighted by Gasteiger charge is 2.21. The second-order valence-corrected chi connectivity index (χ2v) is 6.79. The molecule has 2 rings (SSSR count). The highest BCUT2D eigenvalue weighted by Crippen LogP contribution is 2.24. The molecule has 23 heavy (non-hydrogen) atoms. The zero-order valence-electron chi connectivity index (χ0n) is 13.6. The Hall–Kier alpha value is -1.18. The lowest BCUT2D eigenvalue weighted by Gasteiger charge is -2.37. The van der Waals surface area contributed by atoms with Crippen molar-refractivity contribution in [2.24, 2.45) is 5.73 Å². The molecule has 1 aromatic carbocycles. The van der Waals surface area contributed by atoms with Crippen LogP contribution in [0, 0.1) is 5.82 Å². The summed E-state index contributed by atoms with van der Waals surface area (Å²) in [7, 11) is 0. The molecule has 0 radical (unpaired) electrons. The van der Waals surface area contributed by atoms with Gasteiger partial charge in [-0.05, 0) is 25.6 Å². The molecule has 1 amide bonds. The first kappa shape index (κ1) is 18.2. The van der Waals surface area contributed by atoms with Crippen LogP contribution in [0.5, 0.6) is 0 Å². The smallest absolute Gasteiger partial charge is 0.253 e. The molecular weight excluding hydrogens is 363 g/mol. The number of amides is 1. The number of carbonyl (C=O) groups is 1. The number of anilines is 1. The lowest BCUT2D eigenvalue weighted by Crippen LogP contribution is -2.51. The molecule has 1 atom stereocenters. The molecule has 0 saturated carbocycles. The van der Waals surface area contributed by atoms with E-state index < -0.39 is 11.7 Å². The molecule has 1 unspecified atom stereocenters. The first-order valence-electron chi connectivity index (χ1n) is 7.91. The van der Waals surface area contributed by atoms with Crippen molar-refractivity contribution in [1.29, 1.82) is 0 Å². The van der Waals surface area contributed by atoms with Gasteiger partial charge in [0.05, 0.1) is 11.3 Å². The predicted molar refractivity (Wildman–Crippen MR) is 94.3 cm³/mol. The fraction of sp³-hybridized carbons (Fsp3) is 0.562. The second-order valence-electron chi connectivity index (χ2n) is 5.87. The van der Waals surface area contributed by atoms with Crippen molar-refractivity contribution in [2.75, 3.05) is 44.6 Å². The molecule has 1 aliphatic heterocycles.